The summed E-state index contributed by atoms with van der Waals surface area (Å²) < 4.78 is 21.9. The first-order chi connectivity index (χ1) is 26.3. The van der Waals surface area contributed by atoms with E-state index < -0.39 is 0 Å². The van der Waals surface area contributed by atoms with Crippen LogP contribution in [0.5, 0.6) is 0 Å². The maximum absolute atomic E-state index is 12.4. The van der Waals surface area contributed by atoms with Crippen molar-refractivity contribution in [3.05, 3.63) is 0 Å². The lowest BCUT2D eigenvalue weighted by atomic mass is 10.1. The molecule has 54 heavy (non-hydrogen) atoms. The maximum atomic E-state index is 12.4. The molecular formula is C42H81N3O9. The van der Waals surface area contributed by atoms with Crippen LogP contribution >= 0.6 is 0 Å². The molecule has 0 heterocycles. The van der Waals surface area contributed by atoms with Crippen molar-refractivity contribution in [1.82, 2.24) is 15.5 Å². The van der Waals surface area contributed by atoms with E-state index in [0.717, 1.165) is 44.9 Å². The van der Waals surface area contributed by atoms with E-state index in [2.05, 4.69) is 24.5 Å². The molecule has 2 atom stereocenters. The third-order valence-corrected chi connectivity index (χ3v) is 9.57. The van der Waals surface area contributed by atoms with Crippen molar-refractivity contribution in [3.8, 4) is 0 Å². The minimum atomic E-state index is -0.389. The number of esters is 2. The maximum Gasteiger partial charge on any atom is 0.407 e. The molecule has 0 spiro atoms. The summed E-state index contributed by atoms with van der Waals surface area (Å²) in [5, 5.41) is 14.8. The number of unbranched alkanes of at least 4 members (excludes halogenated alkanes) is 13. The molecule has 0 radical (unpaired) electrons. The van der Waals surface area contributed by atoms with E-state index in [-0.39, 0.29) is 69.0 Å². The third kappa shape index (κ3) is 33.9. The van der Waals surface area contributed by atoms with E-state index in [0.29, 0.717) is 64.8 Å². The predicted octanol–water partition coefficient (Wildman–Crippen LogP) is 9.00. The highest BCUT2D eigenvalue weighted by Gasteiger charge is 2.15. The Labute approximate surface area is 328 Å². The van der Waals surface area contributed by atoms with E-state index in [9.17, 15) is 24.3 Å². The van der Waals surface area contributed by atoms with E-state index >= 15 is 0 Å². The van der Waals surface area contributed by atoms with Gasteiger partial charge >= 0.3 is 24.1 Å². The number of alkyl carbamates (subject to hydrolysis) is 2. The van der Waals surface area contributed by atoms with Crippen LogP contribution in [0.15, 0.2) is 0 Å². The number of aliphatic hydroxyl groups is 1. The fourth-order valence-electron chi connectivity index (χ4n) is 6.02. The molecule has 0 bridgehead atoms. The Morgan fingerprint density at radius 1 is 0.519 bits per heavy atom. The Hall–Kier alpha value is -2.60. The summed E-state index contributed by atoms with van der Waals surface area (Å²) in [5.74, 6) is -0.615. The number of ether oxygens (including phenoxy) is 4. The fraction of sp³-hybridized carbons (Fsp3) is 0.905. The van der Waals surface area contributed by atoms with Gasteiger partial charge in [-0.25, -0.2) is 9.59 Å². The zero-order valence-electron chi connectivity index (χ0n) is 34.9. The van der Waals surface area contributed by atoms with E-state index in [1.54, 1.807) is 0 Å². The van der Waals surface area contributed by atoms with Gasteiger partial charge in [-0.2, -0.15) is 0 Å². The van der Waals surface area contributed by atoms with Crippen molar-refractivity contribution < 1.29 is 43.2 Å². The number of aliphatic hydroxyl groups excluding tert-OH is 1. The van der Waals surface area contributed by atoms with Crippen molar-refractivity contribution in [2.24, 2.45) is 0 Å². The summed E-state index contributed by atoms with van der Waals surface area (Å²) in [6.45, 7) is 11.6. The lowest BCUT2D eigenvalue weighted by Crippen LogP contribution is -2.31. The van der Waals surface area contributed by atoms with Gasteiger partial charge in [-0.05, 0) is 83.6 Å². The molecule has 0 aliphatic carbocycles. The molecular weight excluding hydrogens is 690 g/mol. The first-order valence-electron chi connectivity index (χ1n) is 21.8. The van der Waals surface area contributed by atoms with E-state index in [4.69, 9.17) is 18.9 Å². The average molecular weight is 772 g/mol. The number of amides is 2. The number of carbonyl (C=O) groups excluding carboxylic acids is 4. The first kappa shape index (κ1) is 51.4. The largest absolute Gasteiger partial charge is 0.466 e. The summed E-state index contributed by atoms with van der Waals surface area (Å²) in [5.41, 5.74) is 0. The number of nitrogens with zero attached hydrogens (tertiary/aromatic N) is 1. The molecule has 0 aromatic rings. The molecule has 12 nitrogen and oxygen atoms in total. The van der Waals surface area contributed by atoms with Crippen LogP contribution in [0.4, 0.5) is 9.59 Å². The normalized spacial score (nSPS) is 12.3. The van der Waals surface area contributed by atoms with Crippen molar-refractivity contribution in [2.45, 2.75) is 194 Å². The Kier molecular flexibility index (Phi) is 36.8. The van der Waals surface area contributed by atoms with Crippen LogP contribution in [0.1, 0.15) is 182 Å². The Morgan fingerprint density at radius 2 is 0.944 bits per heavy atom. The van der Waals surface area contributed by atoms with Crippen molar-refractivity contribution in [3.63, 3.8) is 0 Å². The van der Waals surface area contributed by atoms with Gasteiger partial charge in [0, 0.05) is 32.8 Å². The average Bonchev–Trinajstić information content (AvgIpc) is 3.16. The second-order valence-corrected chi connectivity index (χ2v) is 14.5. The van der Waals surface area contributed by atoms with Gasteiger partial charge in [0.1, 0.15) is 12.2 Å². The quantitative estimate of drug-likeness (QED) is 0.0315. The molecule has 0 aromatic carbocycles. The topological polar surface area (TPSA) is 153 Å². The zero-order chi connectivity index (χ0) is 39.9. The van der Waals surface area contributed by atoms with Gasteiger partial charge in [0.25, 0.3) is 0 Å². The molecule has 2 amide bonds. The highest BCUT2D eigenvalue weighted by atomic mass is 16.6. The van der Waals surface area contributed by atoms with Crippen LogP contribution in [-0.2, 0) is 28.5 Å². The minimum absolute atomic E-state index is 0.0538. The van der Waals surface area contributed by atoms with Crippen molar-refractivity contribution in [2.75, 3.05) is 52.5 Å². The number of rotatable bonds is 38. The Balaban J connectivity index is 4.11. The highest BCUT2D eigenvalue weighted by molar-refractivity contribution is 5.70. The third-order valence-electron chi connectivity index (χ3n) is 9.57. The SMILES string of the molecule is CCCCCCCCC(CC)OC(=O)NCCCCOC(=O)CCN(CCCCO)CCC(=O)OCCCCNC(=O)OC(CC)CCCCCCCC. The lowest BCUT2D eigenvalue weighted by Gasteiger charge is -2.21. The molecule has 0 fully saturated rings. The van der Waals surface area contributed by atoms with Crippen LogP contribution in [0.2, 0.25) is 0 Å². The molecule has 3 N–H and O–H groups in total. The van der Waals surface area contributed by atoms with Gasteiger partial charge in [-0.3, -0.25) is 9.59 Å². The molecule has 2 unspecified atom stereocenters. The molecule has 0 saturated carbocycles. The number of hydrogen-bond acceptors (Lipinski definition) is 10. The monoisotopic (exact) mass is 772 g/mol. The first-order valence-corrected chi connectivity index (χ1v) is 21.8. The highest BCUT2D eigenvalue weighted by Crippen LogP contribution is 2.14. The van der Waals surface area contributed by atoms with Gasteiger partial charge in [0.2, 0.25) is 0 Å². The van der Waals surface area contributed by atoms with Gasteiger partial charge in [-0.1, -0.05) is 91.9 Å². The smallest absolute Gasteiger partial charge is 0.407 e. The summed E-state index contributed by atoms with van der Waals surface area (Å²) in [6.07, 6.45) is 21.5. The fourth-order valence-corrected chi connectivity index (χ4v) is 6.02. The second-order valence-electron chi connectivity index (χ2n) is 14.5. The Morgan fingerprint density at radius 3 is 1.35 bits per heavy atom. The molecule has 12 heteroatoms. The number of nitrogens with one attached hydrogen (secondary N) is 2. The minimum Gasteiger partial charge on any atom is -0.466 e. The summed E-state index contributed by atoms with van der Waals surface area (Å²) >= 11 is 0. The number of carbonyl (C=O) groups is 4. The van der Waals surface area contributed by atoms with Crippen LogP contribution < -0.4 is 10.6 Å². The second kappa shape index (κ2) is 38.7. The molecule has 0 saturated heterocycles. The van der Waals surface area contributed by atoms with Crippen molar-refractivity contribution >= 4 is 24.1 Å². The van der Waals surface area contributed by atoms with E-state index in [1.807, 2.05) is 18.7 Å². The Bertz CT molecular complexity index is 842. The predicted molar refractivity (Wildman–Crippen MR) is 215 cm³/mol. The van der Waals surface area contributed by atoms with Gasteiger partial charge in [0.15, 0.2) is 0 Å². The van der Waals surface area contributed by atoms with E-state index in [1.165, 1.54) is 64.2 Å². The van der Waals surface area contributed by atoms with Crippen LogP contribution in [0.25, 0.3) is 0 Å². The summed E-state index contributed by atoms with van der Waals surface area (Å²) in [7, 11) is 0. The van der Waals surface area contributed by atoms with Crippen LogP contribution in [0.3, 0.4) is 0 Å². The van der Waals surface area contributed by atoms with Crippen molar-refractivity contribution in [1.29, 1.82) is 0 Å². The summed E-state index contributed by atoms with van der Waals surface area (Å²) in [6, 6.07) is 0. The van der Waals surface area contributed by atoms with Gasteiger partial charge < -0.3 is 39.6 Å². The molecule has 0 aliphatic rings. The molecule has 318 valence electrons. The van der Waals surface area contributed by atoms with Gasteiger partial charge in [0.05, 0.1) is 26.1 Å². The standard InChI is InChI=1S/C42H81N3O9/c1-5-9-11-13-15-17-25-37(7-3)53-41(49)43-29-19-23-35-51-39(47)27-32-45(31-21-22-34-46)33-28-40(48)52-36-24-20-30-44-42(50)54-38(8-4)26-18-16-14-12-10-6-2/h37-38,46H,5-36H2,1-4H3,(H,43,49)(H,44,50). The van der Waals surface area contributed by atoms with Crippen LogP contribution in [-0.4, -0.2) is 98.9 Å². The lowest BCUT2D eigenvalue weighted by molar-refractivity contribution is -0.144. The molecule has 0 rings (SSSR count). The summed E-state index contributed by atoms with van der Waals surface area (Å²) in [4.78, 5) is 51.1. The van der Waals surface area contributed by atoms with Gasteiger partial charge in [-0.15, -0.1) is 0 Å². The number of hydrogen-bond donors (Lipinski definition) is 3. The molecule has 0 aromatic heterocycles. The van der Waals surface area contributed by atoms with Crippen LogP contribution in [0, 0.1) is 0 Å². The molecule has 0 aliphatic heterocycles. The zero-order valence-corrected chi connectivity index (χ0v) is 34.9.